The lowest BCUT2D eigenvalue weighted by Crippen LogP contribution is -2.88. The molecule has 0 spiro atoms. The number of rotatable bonds is 5. The van der Waals surface area contributed by atoms with Gasteiger partial charge in [-0.3, -0.25) is 9.69 Å². The molecule has 29 heavy (non-hydrogen) atoms. The number of amides is 1. The number of hydrogen-bond acceptors (Lipinski definition) is 3. The van der Waals surface area contributed by atoms with Gasteiger partial charge in [-0.25, -0.2) is 4.98 Å². The molecular weight excluding hydrogens is 399 g/mol. The van der Waals surface area contributed by atoms with Crippen molar-refractivity contribution in [3.63, 3.8) is 0 Å². The summed E-state index contributed by atoms with van der Waals surface area (Å²) in [5.74, 6) is -0.366. The van der Waals surface area contributed by atoms with Crippen molar-refractivity contribution in [3.8, 4) is 0 Å². The van der Waals surface area contributed by atoms with E-state index in [2.05, 4.69) is 10.3 Å². The Morgan fingerprint density at radius 1 is 1.21 bits per heavy atom. The molecule has 0 bridgehead atoms. The Morgan fingerprint density at radius 3 is 2.55 bits per heavy atom. The molecule has 1 heterocycles. The summed E-state index contributed by atoms with van der Waals surface area (Å²) in [5, 5.41) is 4.60. The van der Waals surface area contributed by atoms with Crippen LogP contribution in [0, 0.1) is 0 Å². The van der Waals surface area contributed by atoms with Crippen molar-refractivity contribution in [2.24, 2.45) is 0 Å². The SMILES string of the molecule is CC(=O)N(c1cccc(C(F)(F)F)c1)c1nc(C[NH2+]C2CCCCCCC2)cs1. The van der Waals surface area contributed by atoms with E-state index in [0.29, 0.717) is 11.2 Å². The van der Waals surface area contributed by atoms with Gasteiger partial charge in [0.25, 0.3) is 0 Å². The highest BCUT2D eigenvalue weighted by molar-refractivity contribution is 7.14. The van der Waals surface area contributed by atoms with Crippen LogP contribution in [-0.4, -0.2) is 16.9 Å². The van der Waals surface area contributed by atoms with Gasteiger partial charge in [-0.2, -0.15) is 13.2 Å². The number of nitrogens with zero attached hydrogens (tertiary/aromatic N) is 2. The minimum atomic E-state index is -4.46. The molecule has 1 aromatic carbocycles. The summed E-state index contributed by atoms with van der Waals surface area (Å²) in [7, 11) is 0. The lowest BCUT2D eigenvalue weighted by molar-refractivity contribution is -0.706. The Bertz CT molecular complexity index is 813. The molecule has 0 unspecified atom stereocenters. The molecule has 1 saturated carbocycles. The number of quaternary nitrogens is 1. The molecule has 1 aliphatic carbocycles. The normalized spacial score (nSPS) is 16.3. The number of benzene rings is 1. The molecule has 8 heteroatoms. The fraction of sp³-hybridized carbons (Fsp3) is 0.524. The first-order valence-corrected chi connectivity index (χ1v) is 11.0. The first kappa shape index (κ1) is 21.8. The van der Waals surface area contributed by atoms with E-state index in [1.165, 1.54) is 80.2 Å². The minimum Gasteiger partial charge on any atom is -0.339 e. The molecule has 0 atom stereocenters. The maximum Gasteiger partial charge on any atom is 0.416 e. The third kappa shape index (κ3) is 6.02. The quantitative estimate of drug-likeness (QED) is 0.730. The average Bonchev–Trinajstić information content (AvgIpc) is 3.08. The lowest BCUT2D eigenvalue weighted by atomic mass is 9.97. The summed E-state index contributed by atoms with van der Waals surface area (Å²) < 4.78 is 39.1. The monoisotopic (exact) mass is 426 g/mol. The molecule has 158 valence electrons. The molecule has 3 rings (SSSR count). The zero-order valence-corrected chi connectivity index (χ0v) is 17.4. The largest absolute Gasteiger partial charge is 0.416 e. The third-order valence-corrected chi connectivity index (χ3v) is 6.16. The third-order valence-electron chi connectivity index (χ3n) is 5.29. The van der Waals surface area contributed by atoms with E-state index >= 15 is 0 Å². The van der Waals surface area contributed by atoms with Crippen LogP contribution in [0.1, 0.15) is 63.1 Å². The first-order valence-electron chi connectivity index (χ1n) is 10.1. The average molecular weight is 427 g/mol. The molecular formula is C21H27F3N3OS+. The lowest BCUT2D eigenvalue weighted by Gasteiger charge is -2.19. The smallest absolute Gasteiger partial charge is 0.339 e. The topological polar surface area (TPSA) is 49.8 Å². The number of aromatic nitrogens is 1. The van der Waals surface area contributed by atoms with E-state index in [1.54, 1.807) is 0 Å². The number of carbonyl (C=O) groups excluding carboxylic acids is 1. The van der Waals surface area contributed by atoms with Gasteiger partial charge >= 0.3 is 6.18 Å². The first-order chi connectivity index (χ1) is 13.8. The van der Waals surface area contributed by atoms with Gasteiger partial charge in [0.1, 0.15) is 12.2 Å². The number of thiazole rings is 1. The molecule has 4 nitrogen and oxygen atoms in total. The van der Waals surface area contributed by atoms with Crippen LogP contribution in [0.15, 0.2) is 29.6 Å². The molecule has 1 fully saturated rings. The fourth-order valence-electron chi connectivity index (χ4n) is 3.75. The second-order valence-electron chi connectivity index (χ2n) is 7.57. The van der Waals surface area contributed by atoms with Crippen LogP contribution in [0.3, 0.4) is 0 Å². The molecule has 0 aliphatic heterocycles. The van der Waals surface area contributed by atoms with Gasteiger partial charge in [0, 0.05) is 12.3 Å². The number of alkyl halides is 3. The zero-order chi connectivity index (χ0) is 20.9. The van der Waals surface area contributed by atoms with Gasteiger partial charge in [0.2, 0.25) is 5.91 Å². The molecule has 1 aromatic heterocycles. The number of halogens is 3. The van der Waals surface area contributed by atoms with E-state index in [-0.39, 0.29) is 11.6 Å². The minimum absolute atomic E-state index is 0.178. The van der Waals surface area contributed by atoms with Crippen molar-refractivity contribution in [2.45, 2.75) is 70.6 Å². The number of hydrogen-bond donors (Lipinski definition) is 1. The molecule has 0 saturated heterocycles. The van der Waals surface area contributed by atoms with E-state index in [1.807, 2.05) is 5.38 Å². The second kappa shape index (κ2) is 9.71. The Hall–Kier alpha value is -1.93. The van der Waals surface area contributed by atoms with Gasteiger partial charge in [-0.15, -0.1) is 11.3 Å². The highest BCUT2D eigenvalue weighted by atomic mass is 32.1. The van der Waals surface area contributed by atoms with Crippen LogP contribution >= 0.6 is 11.3 Å². The van der Waals surface area contributed by atoms with E-state index in [9.17, 15) is 18.0 Å². The second-order valence-corrected chi connectivity index (χ2v) is 8.41. The summed E-state index contributed by atoms with van der Waals surface area (Å²) >= 11 is 1.28. The molecule has 1 amide bonds. The molecule has 1 aliphatic rings. The van der Waals surface area contributed by atoms with Gasteiger partial charge in [-0.1, -0.05) is 25.3 Å². The van der Waals surface area contributed by atoms with Gasteiger partial charge < -0.3 is 5.32 Å². The Balaban J connectivity index is 1.71. The molecule has 2 aromatic rings. The fourth-order valence-corrected chi connectivity index (χ4v) is 4.65. The maximum atomic E-state index is 13.0. The standard InChI is InChI=1S/C21H26F3N3OS/c1-15(28)27(19-11-7-8-16(12-19)21(22,23)24)20-26-18(14-29-20)13-25-17-9-5-3-2-4-6-10-17/h7-8,11-12,14,17,25H,2-6,9-10,13H2,1H3/p+1. The van der Waals surface area contributed by atoms with E-state index < -0.39 is 11.7 Å². The highest BCUT2D eigenvalue weighted by Gasteiger charge is 2.31. The molecule has 2 N–H and O–H groups in total. The van der Waals surface area contributed by atoms with Crippen molar-refractivity contribution >= 4 is 28.1 Å². The van der Waals surface area contributed by atoms with Crippen LogP contribution < -0.4 is 10.2 Å². The summed E-state index contributed by atoms with van der Waals surface area (Å²) in [4.78, 5) is 18.0. The van der Waals surface area contributed by atoms with Crippen LogP contribution in [0.25, 0.3) is 0 Å². The Morgan fingerprint density at radius 2 is 1.90 bits per heavy atom. The van der Waals surface area contributed by atoms with E-state index in [4.69, 9.17) is 0 Å². The number of carbonyl (C=O) groups is 1. The zero-order valence-electron chi connectivity index (χ0n) is 16.5. The van der Waals surface area contributed by atoms with Crippen molar-refractivity contribution in [1.82, 2.24) is 4.98 Å². The van der Waals surface area contributed by atoms with Gasteiger partial charge in [0.05, 0.1) is 17.3 Å². The van der Waals surface area contributed by atoms with Crippen molar-refractivity contribution < 1.29 is 23.3 Å². The summed E-state index contributed by atoms with van der Waals surface area (Å²) in [6.45, 7) is 2.05. The van der Waals surface area contributed by atoms with Crippen LogP contribution in [0.5, 0.6) is 0 Å². The van der Waals surface area contributed by atoms with Crippen molar-refractivity contribution in [1.29, 1.82) is 0 Å². The summed E-state index contributed by atoms with van der Waals surface area (Å²) in [6, 6.07) is 5.39. The van der Waals surface area contributed by atoms with Crippen LogP contribution in [0.4, 0.5) is 24.0 Å². The summed E-state index contributed by atoms with van der Waals surface area (Å²) in [6.07, 6.45) is 4.42. The predicted molar refractivity (Wildman–Crippen MR) is 108 cm³/mol. The number of anilines is 2. The van der Waals surface area contributed by atoms with Crippen molar-refractivity contribution in [3.05, 3.63) is 40.9 Å². The molecule has 0 radical (unpaired) electrons. The summed E-state index contributed by atoms with van der Waals surface area (Å²) in [5.41, 5.74) is 0.248. The van der Waals surface area contributed by atoms with Crippen LogP contribution in [-0.2, 0) is 17.5 Å². The maximum absolute atomic E-state index is 13.0. The Kier molecular flexibility index (Phi) is 7.29. The Labute approximate surface area is 173 Å². The number of nitrogens with two attached hydrogens (primary N) is 1. The predicted octanol–water partition coefficient (Wildman–Crippen LogP) is 5.02. The highest BCUT2D eigenvalue weighted by Crippen LogP contribution is 2.34. The van der Waals surface area contributed by atoms with Crippen LogP contribution in [0.2, 0.25) is 0 Å². The van der Waals surface area contributed by atoms with Gasteiger partial charge in [-0.05, 0) is 43.9 Å². The van der Waals surface area contributed by atoms with Gasteiger partial charge in [0.15, 0.2) is 5.13 Å². The van der Waals surface area contributed by atoms with E-state index in [0.717, 1.165) is 24.4 Å². The van der Waals surface area contributed by atoms with Crippen molar-refractivity contribution in [2.75, 3.05) is 4.90 Å².